The third-order valence-corrected chi connectivity index (χ3v) is 13.6. The third kappa shape index (κ3) is 9.87. The number of halogens is 2. The first-order chi connectivity index (χ1) is 32.2. The van der Waals surface area contributed by atoms with Gasteiger partial charge in [0.15, 0.2) is 0 Å². The number of aromatic nitrogens is 4. The van der Waals surface area contributed by atoms with Crippen LogP contribution in [0.5, 0.6) is 0 Å². The molecule has 4 fully saturated rings. The quantitative estimate of drug-likeness (QED) is 0.159. The minimum Gasteiger partial charge on any atom is -0.375 e. The van der Waals surface area contributed by atoms with Gasteiger partial charge in [0, 0.05) is 39.3 Å². The van der Waals surface area contributed by atoms with Crippen LogP contribution in [0, 0.1) is 11.6 Å². The van der Waals surface area contributed by atoms with Gasteiger partial charge in [0.05, 0.1) is 74.6 Å². The number of rotatable bonds is 8. The molecule has 6 heterocycles. The van der Waals surface area contributed by atoms with Gasteiger partial charge in [0.1, 0.15) is 23.0 Å². The van der Waals surface area contributed by atoms with Crippen molar-refractivity contribution in [2.75, 3.05) is 52.5 Å². The summed E-state index contributed by atoms with van der Waals surface area (Å²) in [5.41, 5.74) is 7.15. The fourth-order valence-electron chi connectivity index (χ4n) is 10.0. The molecule has 2 aromatic heterocycles. The van der Waals surface area contributed by atoms with E-state index in [1.165, 1.54) is 24.3 Å². The number of ether oxygens (including phenoxy) is 2. The van der Waals surface area contributed by atoms with Gasteiger partial charge in [-0.25, -0.2) is 18.7 Å². The van der Waals surface area contributed by atoms with Crippen LogP contribution in [0.3, 0.4) is 0 Å². The second-order valence-corrected chi connectivity index (χ2v) is 17.6. The SMILES string of the molecule is C[C@@H](c1ccccc1-c1ccc(F)cc1)n1cncc1C(=O)N1CCC[C@@H]2OCCN[C@H]2C1.C[C@@H](c1ccccc1-c1ccc(F)cc1)n1cncc1C(=O)N1CCC[C@H]2OCCN[C@@H]2C1. The standard InChI is InChI=1S/2C26H29FN4O2/c2*1-18(21-5-2-3-6-22(21)19-8-10-20(27)11-9-19)31-17-28-15-24(31)26(32)30-13-4-7-25-23(16-30)29-12-14-33-25/h2*2-3,5-6,8-11,15,17-18,23,25,29H,4,7,12-14,16H2,1H3/t18-,23+,25+;18-,23-,25-/m00/s1. The average Bonchev–Trinajstić information content (AvgIpc) is 3.94. The fourth-order valence-corrected chi connectivity index (χ4v) is 10.0. The van der Waals surface area contributed by atoms with Crippen LogP contribution in [0.15, 0.2) is 122 Å². The van der Waals surface area contributed by atoms with Crippen LogP contribution in [-0.2, 0) is 9.47 Å². The molecule has 0 bridgehead atoms. The summed E-state index contributed by atoms with van der Waals surface area (Å²) in [6.45, 7) is 9.91. The Kier molecular flexibility index (Phi) is 14.1. The Hall–Kier alpha value is -6.06. The zero-order chi connectivity index (χ0) is 45.6. The van der Waals surface area contributed by atoms with E-state index in [0.717, 1.165) is 85.4 Å². The highest BCUT2D eigenvalue weighted by Crippen LogP contribution is 2.33. The summed E-state index contributed by atoms with van der Waals surface area (Å²) in [6.07, 6.45) is 10.9. The maximum absolute atomic E-state index is 13.6. The van der Waals surface area contributed by atoms with E-state index in [9.17, 15) is 18.4 Å². The number of imidazole rings is 2. The number of hydrogen-bond donors (Lipinski definition) is 2. The summed E-state index contributed by atoms with van der Waals surface area (Å²) in [7, 11) is 0. The van der Waals surface area contributed by atoms with Crippen LogP contribution in [-0.4, -0.2) is 117 Å². The number of likely N-dealkylation sites (tertiary alicyclic amines) is 2. The van der Waals surface area contributed by atoms with Crippen LogP contribution >= 0.6 is 0 Å². The van der Waals surface area contributed by atoms with E-state index < -0.39 is 0 Å². The predicted octanol–water partition coefficient (Wildman–Crippen LogP) is 7.78. The Morgan fingerprint density at radius 3 is 1.44 bits per heavy atom. The molecule has 0 saturated carbocycles. The summed E-state index contributed by atoms with van der Waals surface area (Å²) >= 11 is 0. The first kappa shape index (κ1) is 45.1. The lowest BCUT2D eigenvalue weighted by atomic mass is 9.95. The summed E-state index contributed by atoms with van der Waals surface area (Å²) in [6, 6.07) is 29.2. The van der Waals surface area contributed by atoms with Gasteiger partial charge in [0.25, 0.3) is 11.8 Å². The normalized spacial score (nSPS) is 21.8. The van der Waals surface area contributed by atoms with Crippen molar-refractivity contribution in [1.82, 2.24) is 39.5 Å². The molecule has 2 N–H and O–H groups in total. The van der Waals surface area contributed by atoms with E-state index in [4.69, 9.17) is 9.47 Å². The molecule has 6 aromatic rings. The molecular weight excluding hydrogens is 839 g/mol. The number of fused-ring (bicyclic) bond motifs is 2. The minimum absolute atomic E-state index is 0.00774. The number of amides is 2. The van der Waals surface area contributed by atoms with Gasteiger partial charge < -0.3 is 39.0 Å². The second-order valence-electron chi connectivity index (χ2n) is 17.6. The van der Waals surface area contributed by atoms with Gasteiger partial charge >= 0.3 is 0 Å². The lowest BCUT2D eigenvalue weighted by Crippen LogP contribution is -2.53. The molecule has 4 aromatic carbocycles. The first-order valence-corrected chi connectivity index (χ1v) is 23.3. The topological polar surface area (TPSA) is 119 Å². The second kappa shape index (κ2) is 20.6. The van der Waals surface area contributed by atoms with Gasteiger partial charge in [0.2, 0.25) is 0 Å². The molecule has 6 atom stereocenters. The molecule has 14 heteroatoms. The van der Waals surface area contributed by atoms with Crippen LogP contribution < -0.4 is 10.6 Å². The zero-order valence-corrected chi connectivity index (χ0v) is 37.6. The molecule has 10 rings (SSSR count). The molecule has 4 aliphatic heterocycles. The van der Waals surface area contributed by atoms with Crippen molar-refractivity contribution in [1.29, 1.82) is 0 Å². The summed E-state index contributed by atoms with van der Waals surface area (Å²) in [4.78, 5) is 39.7. The maximum Gasteiger partial charge on any atom is 0.272 e. The summed E-state index contributed by atoms with van der Waals surface area (Å²) in [5, 5.41) is 7.03. The van der Waals surface area contributed by atoms with Crippen LogP contribution in [0.1, 0.15) is 83.7 Å². The zero-order valence-electron chi connectivity index (χ0n) is 37.6. The highest BCUT2D eigenvalue weighted by atomic mass is 19.1. The molecule has 4 saturated heterocycles. The van der Waals surface area contributed by atoms with E-state index in [1.54, 1.807) is 49.3 Å². The number of nitrogens with zero attached hydrogens (tertiary/aromatic N) is 6. The smallest absolute Gasteiger partial charge is 0.272 e. The fraction of sp³-hybridized carbons (Fsp3) is 0.385. The van der Waals surface area contributed by atoms with Crippen molar-refractivity contribution >= 4 is 11.8 Å². The van der Waals surface area contributed by atoms with Crippen molar-refractivity contribution in [3.63, 3.8) is 0 Å². The lowest BCUT2D eigenvalue weighted by molar-refractivity contribution is -0.00763. The molecule has 2 amide bonds. The van der Waals surface area contributed by atoms with E-state index in [-0.39, 0.29) is 59.8 Å². The van der Waals surface area contributed by atoms with Gasteiger partial charge in [-0.05, 0) is 97.2 Å². The Morgan fingerprint density at radius 1 is 0.606 bits per heavy atom. The number of carbonyl (C=O) groups is 2. The number of carbonyl (C=O) groups excluding carboxylic acids is 2. The molecule has 0 aliphatic carbocycles. The van der Waals surface area contributed by atoms with Crippen molar-refractivity contribution in [3.8, 4) is 22.3 Å². The van der Waals surface area contributed by atoms with E-state index in [1.807, 2.05) is 55.3 Å². The number of morpholine rings is 2. The van der Waals surface area contributed by atoms with Crippen LogP contribution in [0.25, 0.3) is 22.3 Å². The van der Waals surface area contributed by atoms with Gasteiger partial charge in [-0.15, -0.1) is 0 Å². The molecule has 66 heavy (non-hydrogen) atoms. The molecule has 12 nitrogen and oxygen atoms in total. The number of nitrogens with one attached hydrogen (secondary N) is 2. The average molecular weight is 897 g/mol. The Bertz CT molecular complexity index is 2400. The third-order valence-electron chi connectivity index (χ3n) is 13.6. The Balaban J connectivity index is 0.000000166. The number of hydrogen-bond acceptors (Lipinski definition) is 8. The van der Waals surface area contributed by atoms with Crippen LogP contribution in [0.4, 0.5) is 8.78 Å². The molecule has 344 valence electrons. The van der Waals surface area contributed by atoms with E-state index >= 15 is 0 Å². The van der Waals surface area contributed by atoms with Gasteiger partial charge in [-0.3, -0.25) is 9.59 Å². The lowest BCUT2D eigenvalue weighted by Gasteiger charge is -2.33. The minimum atomic E-state index is -0.260. The first-order valence-electron chi connectivity index (χ1n) is 23.3. The highest BCUT2D eigenvalue weighted by Gasteiger charge is 2.35. The number of benzene rings is 4. The van der Waals surface area contributed by atoms with Gasteiger partial charge in [-0.1, -0.05) is 72.8 Å². The maximum atomic E-state index is 13.6. The Morgan fingerprint density at radius 2 is 1.02 bits per heavy atom. The van der Waals surface area contributed by atoms with Crippen molar-refractivity contribution in [2.45, 2.75) is 75.9 Å². The van der Waals surface area contributed by atoms with Crippen molar-refractivity contribution in [3.05, 3.63) is 156 Å². The summed E-state index contributed by atoms with van der Waals surface area (Å²) in [5.74, 6) is -0.535. The Labute approximate surface area is 385 Å². The molecule has 0 radical (unpaired) electrons. The van der Waals surface area contributed by atoms with Crippen LogP contribution in [0.2, 0.25) is 0 Å². The van der Waals surface area contributed by atoms with E-state index in [0.29, 0.717) is 37.6 Å². The summed E-state index contributed by atoms with van der Waals surface area (Å²) < 4.78 is 42.7. The van der Waals surface area contributed by atoms with Crippen molar-refractivity contribution < 1.29 is 27.8 Å². The molecule has 4 aliphatic rings. The molecular formula is C52H58F2N8O4. The molecule has 0 spiro atoms. The monoisotopic (exact) mass is 896 g/mol. The van der Waals surface area contributed by atoms with Gasteiger partial charge in [-0.2, -0.15) is 0 Å². The largest absolute Gasteiger partial charge is 0.375 e. The van der Waals surface area contributed by atoms with E-state index in [2.05, 4.69) is 46.6 Å². The highest BCUT2D eigenvalue weighted by molar-refractivity contribution is 5.93. The van der Waals surface area contributed by atoms with Crippen molar-refractivity contribution in [2.24, 2.45) is 0 Å². The predicted molar refractivity (Wildman–Crippen MR) is 249 cm³/mol. The molecule has 0 unspecified atom stereocenters.